The molecule has 0 unspecified atom stereocenters. The largest absolute Gasteiger partial charge is 0.507 e. The molecule has 5 rings (SSSR count). The van der Waals surface area contributed by atoms with Crippen LogP contribution in [0.2, 0.25) is 0 Å². The van der Waals surface area contributed by atoms with Gasteiger partial charge in [0.15, 0.2) is 12.4 Å². The molecule has 3 aliphatic heterocycles. The van der Waals surface area contributed by atoms with Gasteiger partial charge in [-0.3, -0.25) is 24.2 Å². The number of benzene rings is 2. The molecule has 16 nitrogen and oxygen atoms in total. The van der Waals surface area contributed by atoms with Crippen molar-refractivity contribution in [2.45, 2.75) is 126 Å². The molecule has 5 bridgehead atoms. The van der Waals surface area contributed by atoms with E-state index in [1.165, 1.54) is 59.3 Å². The second kappa shape index (κ2) is 22.2. The molecular weight excluding hydrogens is 827 g/mol. The maximum Gasteiger partial charge on any atom is 0.312 e. The molecule has 0 saturated carbocycles. The number of aromatic hydroxyl groups is 2. The molecule has 3 heterocycles. The number of methoxy groups -OCH3 is 1. The van der Waals surface area contributed by atoms with Crippen LogP contribution in [0, 0.1) is 30.6 Å². The van der Waals surface area contributed by atoms with E-state index in [1.54, 1.807) is 44.9 Å². The van der Waals surface area contributed by atoms with Gasteiger partial charge in [0.05, 0.1) is 41.2 Å². The Morgan fingerprint density at radius 1 is 0.891 bits per heavy atom. The molecule has 0 saturated heterocycles. The molecule has 9 atom stereocenters. The van der Waals surface area contributed by atoms with Crippen LogP contribution in [0.5, 0.6) is 23.0 Å². The standard InChI is InChI=1S/C48H69N3O13/c1-13-20-50(21-14-2)51(22-15-3)36(53)25-61-35-24-33-43(57)38-37(35)39-45(31(9)42(38)56)64-48(11,46(39)58)62-23-19-34(60-12)28(6)44(63-32(10)52)30(8)41(55)29(7)40(54)26(4)17-16-18-27(5)47(59)49-33/h16-19,23-24,26,28-30,34,40-41,44,54-57H,13-15,20-22,25H2,1-12H3,(H,49,59)/b17-16+,23-19+,27-18-/t26-,28-,29+,30-,34-,40-,41+,44+,48-/m0/s1. The minimum atomic E-state index is -2.04. The van der Waals surface area contributed by atoms with Crippen LogP contribution >= 0.6 is 0 Å². The Balaban J connectivity index is 1.94. The zero-order valence-corrected chi connectivity index (χ0v) is 39.4. The lowest BCUT2D eigenvalue weighted by molar-refractivity contribution is -0.160. The van der Waals surface area contributed by atoms with E-state index in [-0.39, 0.29) is 50.6 Å². The van der Waals surface area contributed by atoms with Crippen LogP contribution in [0.4, 0.5) is 5.69 Å². The monoisotopic (exact) mass is 895 g/mol. The third-order valence-corrected chi connectivity index (χ3v) is 12.2. The highest BCUT2D eigenvalue weighted by Gasteiger charge is 2.50. The van der Waals surface area contributed by atoms with Gasteiger partial charge in [0.2, 0.25) is 0 Å². The number of amides is 2. The number of Topliss-reactive ketones (excluding diaryl/α,β-unsaturated/α-hetero) is 1. The number of rotatable bonds is 12. The Kier molecular flexibility index (Phi) is 17.8. The predicted molar refractivity (Wildman–Crippen MR) is 242 cm³/mol. The highest BCUT2D eigenvalue weighted by molar-refractivity contribution is 6.21. The number of hydrogen-bond acceptors (Lipinski definition) is 14. The van der Waals surface area contributed by atoms with Crippen LogP contribution in [0.1, 0.15) is 104 Å². The molecule has 0 aromatic heterocycles. The summed E-state index contributed by atoms with van der Waals surface area (Å²) in [7, 11) is 1.44. The maximum atomic E-state index is 14.7. The van der Waals surface area contributed by atoms with Gasteiger partial charge in [-0.05, 0) is 39.2 Å². The van der Waals surface area contributed by atoms with E-state index >= 15 is 0 Å². The van der Waals surface area contributed by atoms with E-state index in [0.717, 1.165) is 12.8 Å². The SMILES string of the molecule is CCCN(CCC)N(CCC)C(=O)COc1cc2c(O)c3c(O)c(C)c4c(c13)C(=O)[C@@](C)(O/C=C/[C@H](OC)[C@H](C)[C@@H](OC(C)=O)[C@@H](C)[C@H](O)[C@H](C)[C@@H](O)[C@@H](C)/C=C/C=C(/C)C(=O)N2)O4. The molecule has 3 aliphatic rings. The Morgan fingerprint density at radius 2 is 1.53 bits per heavy atom. The number of nitrogens with one attached hydrogen (secondary N) is 1. The lowest BCUT2D eigenvalue weighted by atomic mass is 9.78. The van der Waals surface area contributed by atoms with Gasteiger partial charge >= 0.3 is 11.8 Å². The van der Waals surface area contributed by atoms with Gasteiger partial charge in [0.25, 0.3) is 17.6 Å². The smallest absolute Gasteiger partial charge is 0.312 e. The van der Waals surface area contributed by atoms with Crippen molar-refractivity contribution in [3.8, 4) is 23.0 Å². The van der Waals surface area contributed by atoms with Gasteiger partial charge in [-0.2, -0.15) is 0 Å². The number of aliphatic hydroxyl groups is 2. The fourth-order valence-corrected chi connectivity index (χ4v) is 8.47. The number of ether oxygens (including phenoxy) is 5. The molecule has 0 aliphatic carbocycles. The van der Waals surface area contributed by atoms with Crippen molar-refractivity contribution in [1.82, 2.24) is 10.0 Å². The first-order valence-corrected chi connectivity index (χ1v) is 22.2. The summed E-state index contributed by atoms with van der Waals surface area (Å²) in [5, 5.41) is 52.5. The third-order valence-electron chi connectivity index (χ3n) is 12.2. The van der Waals surface area contributed by atoms with Crippen molar-refractivity contribution in [3.05, 3.63) is 53.3 Å². The fourth-order valence-electron chi connectivity index (χ4n) is 8.47. The second-order valence-electron chi connectivity index (χ2n) is 17.2. The van der Waals surface area contributed by atoms with Crippen LogP contribution < -0.4 is 14.8 Å². The number of hydrazine groups is 1. The first-order valence-electron chi connectivity index (χ1n) is 22.2. The molecule has 2 aromatic rings. The molecule has 0 spiro atoms. The highest BCUT2D eigenvalue weighted by Crippen LogP contribution is 2.54. The fraction of sp³-hybridized carbons (Fsp3) is 0.583. The number of allylic oxidation sites excluding steroid dienone is 2. The summed E-state index contributed by atoms with van der Waals surface area (Å²) in [6.07, 6.45) is 5.90. The number of carbonyl (C=O) groups excluding carboxylic acids is 4. The number of aliphatic hydroxyl groups excluding tert-OH is 2. The molecule has 0 radical (unpaired) electrons. The highest BCUT2D eigenvalue weighted by atomic mass is 16.7. The molecule has 2 aromatic carbocycles. The summed E-state index contributed by atoms with van der Waals surface area (Å²) in [6, 6.07) is 1.29. The van der Waals surface area contributed by atoms with Crippen molar-refractivity contribution in [2.75, 3.05) is 38.7 Å². The van der Waals surface area contributed by atoms with Gasteiger partial charge < -0.3 is 49.4 Å². The number of phenols is 2. The number of anilines is 1. The number of nitrogens with zero attached hydrogens (tertiary/aromatic N) is 2. The van der Waals surface area contributed by atoms with Crippen molar-refractivity contribution >= 4 is 40.0 Å². The van der Waals surface area contributed by atoms with Crippen LogP contribution in [0.3, 0.4) is 0 Å². The van der Waals surface area contributed by atoms with Crippen LogP contribution in [0.25, 0.3) is 10.8 Å². The maximum absolute atomic E-state index is 14.7. The first kappa shape index (κ1) is 51.5. The Labute approximate surface area is 376 Å². The van der Waals surface area contributed by atoms with E-state index in [4.69, 9.17) is 23.7 Å². The number of esters is 1. The number of ketones is 1. The van der Waals surface area contributed by atoms with E-state index in [9.17, 15) is 39.6 Å². The van der Waals surface area contributed by atoms with E-state index in [2.05, 4.69) is 5.32 Å². The Morgan fingerprint density at radius 3 is 2.12 bits per heavy atom. The number of carbonyl (C=O) groups is 4. The molecule has 16 heteroatoms. The van der Waals surface area contributed by atoms with E-state index in [0.29, 0.717) is 26.1 Å². The molecular formula is C48H69N3O13. The lowest BCUT2D eigenvalue weighted by Gasteiger charge is -2.38. The molecule has 0 fully saturated rings. The molecule has 5 N–H and O–H groups in total. The summed E-state index contributed by atoms with van der Waals surface area (Å²) in [6.45, 7) is 19.8. The predicted octanol–water partition coefficient (Wildman–Crippen LogP) is 6.70. The molecule has 64 heavy (non-hydrogen) atoms. The summed E-state index contributed by atoms with van der Waals surface area (Å²) in [4.78, 5) is 54.7. The van der Waals surface area contributed by atoms with Crippen molar-refractivity contribution in [3.63, 3.8) is 0 Å². The first-order chi connectivity index (χ1) is 30.2. The Hall–Kier alpha value is -5.16. The quantitative estimate of drug-likeness (QED) is 0.0852. The van der Waals surface area contributed by atoms with Gasteiger partial charge in [0.1, 0.15) is 23.4 Å². The minimum absolute atomic E-state index is 0.0565. The minimum Gasteiger partial charge on any atom is -0.507 e. The second-order valence-corrected chi connectivity index (χ2v) is 17.2. The Bertz CT molecular complexity index is 2110. The summed E-state index contributed by atoms with van der Waals surface area (Å²) in [5.41, 5.74) is -0.00517. The zero-order valence-electron chi connectivity index (χ0n) is 39.4. The number of fused-ring (bicyclic) bond motifs is 14. The zero-order chi connectivity index (χ0) is 47.8. The number of phenolic OH excluding ortho intramolecular Hbond substituents is 2. The van der Waals surface area contributed by atoms with Crippen LogP contribution in [-0.2, 0) is 28.6 Å². The third kappa shape index (κ3) is 11.0. The van der Waals surface area contributed by atoms with Crippen LogP contribution in [0.15, 0.2) is 42.2 Å². The van der Waals surface area contributed by atoms with E-state index in [1.807, 2.05) is 25.8 Å². The van der Waals surface area contributed by atoms with Crippen molar-refractivity contribution in [1.29, 1.82) is 0 Å². The summed E-state index contributed by atoms with van der Waals surface area (Å²) >= 11 is 0. The number of hydrogen-bond donors (Lipinski definition) is 5. The average molecular weight is 896 g/mol. The normalized spacial score (nSPS) is 28.5. The van der Waals surface area contributed by atoms with Crippen molar-refractivity contribution in [2.24, 2.45) is 23.7 Å². The lowest BCUT2D eigenvalue weighted by Crippen LogP contribution is -2.49. The average Bonchev–Trinajstić information content (AvgIpc) is 3.52. The topological polar surface area (TPSA) is 214 Å². The molecule has 2 amide bonds. The van der Waals surface area contributed by atoms with E-state index < -0.39 is 89.6 Å². The summed E-state index contributed by atoms with van der Waals surface area (Å²) < 4.78 is 30.1. The van der Waals surface area contributed by atoms with Crippen molar-refractivity contribution < 1.29 is 63.3 Å². The van der Waals surface area contributed by atoms with Crippen LogP contribution in [-0.4, -0.2) is 118 Å². The van der Waals surface area contributed by atoms with Gasteiger partial charge in [-0.15, -0.1) is 0 Å². The molecule has 354 valence electrons. The van der Waals surface area contributed by atoms with Gasteiger partial charge in [0, 0.05) is 86.9 Å². The van der Waals surface area contributed by atoms with Gasteiger partial charge in [-0.1, -0.05) is 66.7 Å². The summed E-state index contributed by atoms with van der Waals surface area (Å²) in [5.74, 6) is -8.05. The van der Waals surface area contributed by atoms with Gasteiger partial charge in [-0.25, -0.2) is 5.01 Å².